The van der Waals surface area contributed by atoms with Crippen molar-refractivity contribution >= 4 is 50.3 Å². The number of nitrogens with zero attached hydrogens (tertiary/aromatic N) is 2. The molecule has 0 aliphatic rings. The number of rotatable bonds is 3. The van der Waals surface area contributed by atoms with Crippen LogP contribution < -0.4 is 0 Å². The van der Waals surface area contributed by atoms with Gasteiger partial charge in [-0.05, 0) is 29.2 Å². The molecule has 0 bridgehead atoms. The van der Waals surface area contributed by atoms with Crippen LogP contribution in [0, 0.1) is 11.3 Å². The van der Waals surface area contributed by atoms with Gasteiger partial charge in [0.05, 0.1) is 16.1 Å². The third kappa shape index (κ3) is 3.13. The van der Waals surface area contributed by atoms with Gasteiger partial charge in [0.25, 0.3) is 0 Å². The summed E-state index contributed by atoms with van der Waals surface area (Å²) in [6.07, 6.45) is 1.86. The zero-order valence-corrected chi connectivity index (χ0v) is 14.0. The zero-order valence-electron chi connectivity index (χ0n) is 10.8. The Labute approximate surface area is 139 Å². The second-order valence-electron chi connectivity index (χ2n) is 4.21. The normalized spacial score (nSPS) is 11.3. The summed E-state index contributed by atoms with van der Waals surface area (Å²) in [7, 11) is 0. The van der Waals surface area contributed by atoms with Gasteiger partial charge in [-0.15, -0.1) is 22.7 Å². The third-order valence-corrected chi connectivity index (χ3v) is 5.32. The van der Waals surface area contributed by atoms with E-state index < -0.39 is 0 Å². The fraction of sp³-hybridized carbons (Fsp3) is 0. The number of aromatic nitrogens is 1. The number of hydrogen-bond donors (Lipinski definition) is 0. The van der Waals surface area contributed by atoms with Crippen LogP contribution in [0.25, 0.3) is 22.2 Å². The number of hydrogen-bond acceptors (Lipinski definition) is 4. The molecule has 2 aromatic heterocycles. The Morgan fingerprint density at radius 1 is 1.19 bits per heavy atom. The third-order valence-electron chi connectivity index (χ3n) is 2.83. The number of benzene rings is 1. The molecule has 0 N–H and O–H groups in total. The quantitative estimate of drug-likeness (QED) is 0.553. The van der Waals surface area contributed by atoms with Crippen LogP contribution in [-0.2, 0) is 0 Å². The molecule has 0 saturated carbocycles. The maximum Gasteiger partial charge on any atom is 0.134 e. The lowest BCUT2D eigenvalue weighted by Gasteiger charge is -1.98. The van der Waals surface area contributed by atoms with E-state index >= 15 is 0 Å². The molecular weight excluding hydrogens is 364 g/mol. The molecule has 2 heterocycles. The summed E-state index contributed by atoms with van der Waals surface area (Å²) in [5.41, 5.74) is 2.48. The Bertz CT molecular complexity index is 826. The summed E-state index contributed by atoms with van der Waals surface area (Å²) in [5.74, 6) is 0. The molecule has 3 rings (SSSR count). The Morgan fingerprint density at radius 3 is 2.76 bits per heavy atom. The summed E-state index contributed by atoms with van der Waals surface area (Å²) >= 11 is 6.64. The summed E-state index contributed by atoms with van der Waals surface area (Å²) in [6, 6.07) is 14.1. The predicted octanol–water partition coefficient (Wildman–Crippen LogP) is 5.70. The Balaban J connectivity index is 1.98. The highest BCUT2D eigenvalue weighted by molar-refractivity contribution is 9.10. The molecule has 0 aliphatic heterocycles. The summed E-state index contributed by atoms with van der Waals surface area (Å²) in [5, 5.41) is 14.2. The number of thiophene rings is 1. The van der Waals surface area contributed by atoms with Gasteiger partial charge in [-0.3, -0.25) is 0 Å². The highest BCUT2D eigenvalue weighted by atomic mass is 79.9. The number of halogens is 1. The minimum Gasteiger partial charge on any atom is -0.234 e. The first-order valence-corrected chi connectivity index (χ1v) is 8.69. The molecule has 0 amide bonds. The minimum atomic E-state index is 0.578. The lowest BCUT2D eigenvalue weighted by molar-refractivity contribution is 1.38. The Hall–Kier alpha value is -1.74. The molecule has 3 aromatic rings. The van der Waals surface area contributed by atoms with E-state index in [1.807, 2.05) is 53.2 Å². The number of nitriles is 1. The summed E-state index contributed by atoms with van der Waals surface area (Å²) in [4.78, 5) is 5.69. The van der Waals surface area contributed by atoms with E-state index in [0.717, 1.165) is 25.6 Å². The van der Waals surface area contributed by atoms with Gasteiger partial charge in [-0.1, -0.05) is 40.2 Å². The minimum absolute atomic E-state index is 0.578. The SMILES string of the molecule is N#C/C(=C/c1ccccc1Br)c1nc(-c2cccs2)cs1. The van der Waals surface area contributed by atoms with E-state index in [4.69, 9.17) is 0 Å². The average molecular weight is 373 g/mol. The van der Waals surface area contributed by atoms with Crippen LogP contribution in [0.3, 0.4) is 0 Å². The van der Waals surface area contributed by atoms with Gasteiger partial charge in [-0.25, -0.2) is 4.98 Å². The zero-order chi connectivity index (χ0) is 14.7. The largest absolute Gasteiger partial charge is 0.234 e. The van der Waals surface area contributed by atoms with Crippen LogP contribution in [0.2, 0.25) is 0 Å². The van der Waals surface area contributed by atoms with E-state index in [1.165, 1.54) is 11.3 Å². The Kier molecular flexibility index (Phi) is 4.30. The van der Waals surface area contributed by atoms with Crippen LogP contribution >= 0.6 is 38.6 Å². The topological polar surface area (TPSA) is 36.7 Å². The van der Waals surface area contributed by atoms with Gasteiger partial charge in [0.15, 0.2) is 0 Å². The van der Waals surface area contributed by atoms with Gasteiger partial charge >= 0.3 is 0 Å². The fourth-order valence-corrected chi connectivity index (χ4v) is 3.77. The highest BCUT2D eigenvalue weighted by Crippen LogP contribution is 2.30. The van der Waals surface area contributed by atoms with Crippen molar-refractivity contribution < 1.29 is 0 Å². The fourth-order valence-electron chi connectivity index (χ4n) is 1.82. The molecule has 0 aliphatic carbocycles. The van der Waals surface area contributed by atoms with Crippen LogP contribution in [0.1, 0.15) is 10.6 Å². The first-order chi connectivity index (χ1) is 10.3. The lowest BCUT2D eigenvalue weighted by atomic mass is 10.1. The molecule has 0 fully saturated rings. The average Bonchev–Trinajstić information content (AvgIpc) is 3.17. The molecule has 0 unspecified atom stereocenters. The molecule has 5 heteroatoms. The van der Waals surface area contributed by atoms with Gasteiger partial charge in [0.2, 0.25) is 0 Å². The predicted molar refractivity (Wildman–Crippen MR) is 93.1 cm³/mol. The number of thiazole rings is 1. The van der Waals surface area contributed by atoms with Gasteiger partial charge in [-0.2, -0.15) is 5.26 Å². The van der Waals surface area contributed by atoms with Gasteiger partial charge in [0.1, 0.15) is 11.1 Å². The van der Waals surface area contributed by atoms with Crippen molar-refractivity contribution in [1.29, 1.82) is 5.26 Å². The van der Waals surface area contributed by atoms with Crippen molar-refractivity contribution in [1.82, 2.24) is 4.98 Å². The maximum atomic E-state index is 9.41. The standard InChI is InChI=1S/C16H9BrN2S2/c17-13-5-2-1-4-11(13)8-12(9-18)16-19-14(10-21-16)15-6-3-7-20-15/h1-8,10H/b12-8-. The van der Waals surface area contributed by atoms with Crippen molar-refractivity contribution in [2.24, 2.45) is 0 Å². The molecular formula is C16H9BrN2S2. The molecule has 21 heavy (non-hydrogen) atoms. The molecule has 0 radical (unpaired) electrons. The van der Waals surface area contributed by atoms with Crippen LogP contribution in [0.15, 0.2) is 51.6 Å². The van der Waals surface area contributed by atoms with Gasteiger partial charge in [0, 0.05) is 9.85 Å². The number of allylic oxidation sites excluding steroid dienone is 1. The summed E-state index contributed by atoms with van der Waals surface area (Å²) < 4.78 is 0.966. The Morgan fingerprint density at radius 2 is 2.05 bits per heavy atom. The first-order valence-electron chi connectivity index (χ1n) is 6.14. The van der Waals surface area contributed by atoms with E-state index in [-0.39, 0.29) is 0 Å². The van der Waals surface area contributed by atoms with Crippen LogP contribution in [0.4, 0.5) is 0 Å². The first kappa shape index (κ1) is 14.2. The van der Waals surface area contributed by atoms with Crippen LogP contribution in [-0.4, -0.2) is 4.98 Å². The molecule has 102 valence electrons. The van der Waals surface area contributed by atoms with E-state index in [1.54, 1.807) is 11.3 Å². The molecule has 2 nitrogen and oxygen atoms in total. The van der Waals surface area contributed by atoms with Crippen molar-refractivity contribution in [3.8, 4) is 16.6 Å². The summed E-state index contributed by atoms with van der Waals surface area (Å²) in [6.45, 7) is 0. The van der Waals surface area contributed by atoms with Gasteiger partial charge < -0.3 is 0 Å². The molecule has 0 atom stereocenters. The highest BCUT2D eigenvalue weighted by Gasteiger charge is 2.10. The van der Waals surface area contributed by atoms with Crippen molar-refractivity contribution in [3.63, 3.8) is 0 Å². The second kappa shape index (κ2) is 6.35. The smallest absolute Gasteiger partial charge is 0.134 e. The molecule has 0 spiro atoms. The van der Waals surface area contributed by atoms with Crippen molar-refractivity contribution in [3.05, 3.63) is 62.2 Å². The lowest BCUT2D eigenvalue weighted by Crippen LogP contribution is -1.82. The monoisotopic (exact) mass is 372 g/mol. The molecule has 1 aromatic carbocycles. The van der Waals surface area contributed by atoms with Crippen molar-refractivity contribution in [2.75, 3.05) is 0 Å². The van der Waals surface area contributed by atoms with Crippen molar-refractivity contribution in [2.45, 2.75) is 0 Å². The van der Waals surface area contributed by atoms with E-state index in [9.17, 15) is 5.26 Å². The van der Waals surface area contributed by atoms with E-state index in [2.05, 4.69) is 27.0 Å². The van der Waals surface area contributed by atoms with Crippen LogP contribution in [0.5, 0.6) is 0 Å². The van der Waals surface area contributed by atoms with E-state index in [0.29, 0.717) is 5.57 Å². The second-order valence-corrected chi connectivity index (χ2v) is 6.87. The molecule has 0 saturated heterocycles. The maximum absolute atomic E-state index is 9.41.